The van der Waals surface area contributed by atoms with Gasteiger partial charge < -0.3 is 9.64 Å². The molecule has 0 saturated carbocycles. The fourth-order valence-electron chi connectivity index (χ4n) is 2.40. The van der Waals surface area contributed by atoms with Gasteiger partial charge in [0.2, 0.25) is 0 Å². The Kier molecular flexibility index (Phi) is 5.62. The van der Waals surface area contributed by atoms with Crippen LogP contribution in [0.1, 0.15) is 35.1 Å². The Morgan fingerprint density at radius 3 is 2.75 bits per heavy atom. The Hall–Kier alpha value is -2.77. The molecule has 2 rings (SSSR count). The molecule has 2 heterocycles. The van der Waals surface area contributed by atoms with Crippen molar-refractivity contribution in [3.8, 4) is 11.4 Å². The average Bonchev–Trinajstić information content (AvgIpc) is 2.94. The van der Waals surface area contributed by atoms with E-state index in [1.165, 1.54) is 7.11 Å². The Labute approximate surface area is 140 Å². The topological polar surface area (TPSA) is 90.2 Å². The first-order valence-corrected chi connectivity index (χ1v) is 7.66. The van der Waals surface area contributed by atoms with Crippen LogP contribution < -0.4 is 0 Å². The molecule has 2 aromatic rings. The molecule has 8 heteroatoms. The van der Waals surface area contributed by atoms with E-state index in [0.29, 0.717) is 35.7 Å². The monoisotopic (exact) mass is 331 g/mol. The van der Waals surface area contributed by atoms with Gasteiger partial charge in [-0.05, 0) is 25.5 Å². The van der Waals surface area contributed by atoms with Crippen LogP contribution >= 0.6 is 0 Å². The lowest BCUT2D eigenvalue weighted by molar-refractivity contribution is 0.112. The van der Waals surface area contributed by atoms with Crippen LogP contribution in [0.2, 0.25) is 0 Å². The molecule has 0 fully saturated rings. The van der Waals surface area contributed by atoms with Crippen LogP contribution in [-0.4, -0.2) is 50.9 Å². The van der Waals surface area contributed by atoms with Gasteiger partial charge in [-0.2, -0.15) is 0 Å². The minimum absolute atomic E-state index is 0.315. The van der Waals surface area contributed by atoms with Crippen molar-refractivity contribution in [2.75, 3.05) is 13.7 Å². The highest BCUT2D eigenvalue weighted by molar-refractivity contribution is 5.77. The van der Waals surface area contributed by atoms with Gasteiger partial charge in [0.1, 0.15) is 5.69 Å². The van der Waals surface area contributed by atoms with Crippen LogP contribution in [0.5, 0.6) is 0 Å². The summed E-state index contributed by atoms with van der Waals surface area (Å²) >= 11 is 0. The molecule has 0 aliphatic carbocycles. The molecule has 0 N–H and O–H groups in total. The number of carbonyl (C=O) groups is 2. The van der Waals surface area contributed by atoms with Crippen molar-refractivity contribution in [3.63, 3.8) is 0 Å². The number of hydrogen-bond donors (Lipinski definition) is 0. The number of nitrogens with zero attached hydrogens (tertiary/aromatic N) is 5. The smallest absolute Gasteiger partial charge is 0.409 e. The quantitative estimate of drug-likeness (QED) is 0.752. The lowest BCUT2D eigenvalue weighted by atomic mass is 10.1. The minimum atomic E-state index is -0.399. The lowest BCUT2D eigenvalue weighted by Gasteiger charge is -2.20. The van der Waals surface area contributed by atoms with Crippen LogP contribution in [0.15, 0.2) is 12.1 Å². The maximum Gasteiger partial charge on any atom is 0.409 e. The first-order valence-electron chi connectivity index (χ1n) is 7.66. The molecule has 0 aliphatic rings. The van der Waals surface area contributed by atoms with E-state index in [4.69, 9.17) is 4.74 Å². The van der Waals surface area contributed by atoms with Crippen molar-refractivity contribution in [1.29, 1.82) is 0 Å². The van der Waals surface area contributed by atoms with E-state index in [1.54, 1.807) is 35.7 Å². The Balaban J connectivity index is 2.39. The summed E-state index contributed by atoms with van der Waals surface area (Å²) in [7, 11) is 3.12. The molecule has 0 spiro atoms. The molecule has 0 unspecified atom stereocenters. The van der Waals surface area contributed by atoms with Crippen LogP contribution in [0.4, 0.5) is 4.79 Å². The van der Waals surface area contributed by atoms with Crippen LogP contribution in [0, 0.1) is 6.92 Å². The lowest BCUT2D eigenvalue weighted by Crippen LogP contribution is -2.32. The van der Waals surface area contributed by atoms with Crippen molar-refractivity contribution >= 4 is 12.4 Å². The number of aldehydes is 1. The first kappa shape index (κ1) is 17.6. The van der Waals surface area contributed by atoms with Gasteiger partial charge in [-0.3, -0.25) is 9.78 Å². The number of rotatable bonds is 6. The molecule has 24 heavy (non-hydrogen) atoms. The fraction of sp³-hybridized carbons (Fsp3) is 0.438. The van der Waals surface area contributed by atoms with Gasteiger partial charge in [-0.1, -0.05) is 12.1 Å². The molecule has 128 valence electrons. The van der Waals surface area contributed by atoms with E-state index in [0.717, 1.165) is 18.4 Å². The number of ether oxygens (including phenoxy) is 1. The molecule has 2 aromatic heterocycles. The van der Waals surface area contributed by atoms with Crippen LogP contribution in [0.3, 0.4) is 0 Å². The molecule has 0 aliphatic heterocycles. The summed E-state index contributed by atoms with van der Waals surface area (Å²) < 4.78 is 6.45. The number of pyridine rings is 1. The highest BCUT2D eigenvalue weighted by atomic mass is 16.5. The standard InChI is InChI=1S/C16H21N5O3/c1-5-8-21(16(23)24-4)9-14-15(18-19-20(14)3)13-7-6-12(10-22)11(2)17-13/h6-7,10H,5,8-9H2,1-4H3. The van der Waals surface area contributed by atoms with Crippen LogP contribution in [0.25, 0.3) is 11.4 Å². The third-order valence-corrected chi connectivity index (χ3v) is 3.71. The minimum Gasteiger partial charge on any atom is -0.453 e. The molecule has 0 saturated heterocycles. The number of amides is 1. The molecule has 0 radical (unpaired) electrons. The number of hydrogen-bond acceptors (Lipinski definition) is 6. The van der Waals surface area contributed by atoms with Crippen molar-refractivity contribution in [2.45, 2.75) is 26.8 Å². The first-order chi connectivity index (χ1) is 11.5. The maximum absolute atomic E-state index is 11.9. The Bertz CT molecular complexity index is 741. The number of methoxy groups -OCH3 is 1. The third-order valence-electron chi connectivity index (χ3n) is 3.71. The van der Waals surface area contributed by atoms with Gasteiger partial charge in [-0.15, -0.1) is 5.10 Å². The second kappa shape index (κ2) is 7.67. The van der Waals surface area contributed by atoms with E-state index < -0.39 is 6.09 Å². The van der Waals surface area contributed by atoms with Crippen molar-refractivity contribution in [1.82, 2.24) is 24.9 Å². The second-order valence-electron chi connectivity index (χ2n) is 5.39. The second-order valence-corrected chi connectivity index (χ2v) is 5.39. The van der Waals surface area contributed by atoms with Crippen LogP contribution in [-0.2, 0) is 18.3 Å². The molecular weight excluding hydrogens is 310 g/mol. The molecule has 1 amide bonds. The summed E-state index contributed by atoms with van der Waals surface area (Å²) in [5.74, 6) is 0. The summed E-state index contributed by atoms with van der Waals surface area (Å²) in [6, 6.07) is 3.43. The largest absolute Gasteiger partial charge is 0.453 e. The zero-order valence-electron chi connectivity index (χ0n) is 14.3. The SMILES string of the molecule is CCCN(Cc1c(-c2ccc(C=O)c(C)n2)nnn1C)C(=O)OC. The highest BCUT2D eigenvalue weighted by Crippen LogP contribution is 2.21. The summed E-state index contributed by atoms with van der Waals surface area (Å²) in [5, 5.41) is 8.21. The Morgan fingerprint density at radius 2 is 2.17 bits per heavy atom. The van der Waals surface area contributed by atoms with Gasteiger partial charge in [-0.25, -0.2) is 9.48 Å². The zero-order valence-corrected chi connectivity index (χ0v) is 14.3. The summed E-state index contributed by atoms with van der Waals surface area (Å²) in [5.41, 5.74) is 3.11. The molecular formula is C16H21N5O3. The predicted molar refractivity (Wildman–Crippen MR) is 87.5 cm³/mol. The summed E-state index contributed by atoms with van der Waals surface area (Å²) in [6.07, 6.45) is 1.18. The molecule has 0 aromatic carbocycles. The van der Waals surface area contributed by atoms with E-state index in [9.17, 15) is 9.59 Å². The summed E-state index contributed by atoms with van der Waals surface area (Å²) in [4.78, 5) is 28.9. The van der Waals surface area contributed by atoms with Gasteiger partial charge in [0.05, 0.1) is 25.0 Å². The van der Waals surface area contributed by atoms with E-state index in [1.807, 2.05) is 6.92 Å². The van der Waals surface area contributed by atoms with E-state index >= 15 is 0 Å². The summed E-state index contributed by atoms with van der Waals surface area (Å²) in [6.45, 7) is 4.63. The maximum atomic E-state index is 11.9. The average molecular weight is 331 g/mol. The highest BCUT2D eigenvalue weighted by Gasteiger charge is 2.21. The van der Waals surface area contributed by atoms with Crippen molar-refractivity contribution in [2.24, 2.45) is 7.05 Å². The zero-order chi connectivity index (χ0) is 17.7. The fourth-order valence-corrected chi connectivity index (χ4v) is 2.40. The predicted octanol–water partition coefficient (Wildman–Crippen LogP) is 1.98. The van der Waals surface area contributed by atoms with Gasteiger partial charge in [0.15, 0.2) is 6.29 Å². The van der Waals surface area contributed by atoms with Gasteiger partial charge >= 0.3 is 6.09 Å². The van der Waals surface area contributed by atoms with E-state index in [2.05, 4.69) is 15.3 Å². The van der Waals surface area contributed by atoms with Gasteiger partial charge in [0.25, 0.3) is 0 Å². The molecule has 0 bridgehead atoms. The van der Waals surface area contributed by atoms with Crippen molar-refractivity contribution in [3.05, 3.63) is 29.1 Å². The van der Waals surface area contributed by atoms with E-state index in [-0.39, 0.29) is 0 Å². The van der Waals surface area contributed by atoms with Gasteiger partial charge in [0, 0.05) is 24.8 Å². The number of aromatic nitrogens is 4. The Morgan fingerprint density at radius 1 is 1.42 bits per heavy atom. The number of carbonyl (C=O) groups excluding carboxylic acids is 2. The van der Waals surface area contributed by atoms with Crippen molar-refractivity contribution < 1.29 is 14.3 Å². The normalized spacial score (nSPS) is 10.5. The third kappa shape index (κ3) is 3.58. The molecule has 0 atom stereocenters. The number of aryl methyl sites for hydroxylation is 2. The molecule has 8 nitrogen and oxygen atoms in total.